The van der Waals surface area contributed by atoms with E-state index in [-0.39, 0.29) is 5.28 Å². The fraction of sp³-hybridized carbons (Fsp3) is 0.375. The average Bonchev–Trinajstić information content (AvgIpc) is 3.15. The van der Waals surface area contributed by atoms with Crippen LogP contribution >= 0.6 is 27.5 Å². The Morgan fingerprint density at radius 1 is 1.52 bits per heavy atom. The van der Waals surface area contributed by atoms with E-state index >= 15 is 0 Å². The van der Waals surface area contributed by atoms with Crippen LogP contribution in [-0.4, -0.2) is 26.8 Å². The summed E-state index contributed by atoms with van der Waals surface area (Å²) in [4.78, 5) is 4.28. The summed E-state index contributed by atoms with van der Waals surface area (Å²) in [6, 6.07) is 3.08. The van der Waals surface area contributed by atoms with Gasteiger partial charge in [0.1, 0.15) is 22.1 Å². The number of rotatable bonds is 6. The molecule has 0 saturated heterocycles. The molecule has 0 aliphatic carbocycles. The number of fused-ring (bicyclic) bond motifs is 1. The highest BCUT2D eigenvalue weighted by Crippen LogP contribution is 2.32. The van der Waals surface area contributed by atoms with Crippen LogP contribution in [0.2, 0.25) is 5.28 Å². The van der Waals surface area contributed by atoms with Crippen molar-refractivity contribution >= 4 is 38.9 Å². The zero-order chi connectivity index (χ0) is 18.1. The maximum atomic E-state index is 13.5. The number of anilines is 1. The molecule has 2 atom stereocenters. The summed E-state index contributed by atoms with van der Waals surface area (Å²) < 4.78 is 21.2. The van der Waals surface area contributed by atoms with Crippen LogP contribution in [0.15, 0.2) is 27.4 Å². The number of aryl methyl sites for hydroxylation is 1. The van der Waals surface area contributed by atoms with E-state index in [0.717, 1.165) is 22.4 Å². The number of nitrogens with zero attached hydrogens (tertiary/aromatic N) is 3. The van der Waals surface area contributed by atoms with Crippen molar-refractivity contribution in [1.29, 1.82) is 0 Å². The van der Waals surface area contributed by atoms with Gasteiger partial charge < -0.3 is 15.5 Å². The van der Waals surface area contributed by atoms with E-state index in [1.54, 1.807) is 10.8 Å². The number of furan rings is 1. The van der Waals surface area contributed by atoms with Crippen LogP contribution in [0.3, 0.4) is 0 Å². The lowest BCUT2D eigenvalue weighted by Crippen LogP contribution is -2.31. The van der Waals surface area contributed by atoms with Crippen molar-refractivity contribution in [2.75, 3.05) is 5.32 Å². The number of hydrogen-bond acceptors (Lipinski definition) is 5. The van der Waals surface area contributed by atoms with E-state index in [0.29, 0.717) is 23.4 Å². The van der Waals surface area contributed by atoms with Gasteiger partial charge in [0.2, 0.25) is 5.28 Å². The number of halogens is 3. The first-order valence-electron chi connectivity index (χ1n) is 7.77. The topological polar surface area (TPSA) is 81.4 Å². The number of aromatic nitrogens is 3. The predicted molar refractivity (Wildman–Crippen MR) is 98.7 cm³/mol. The summed E-state index contributed by atoms with van der Waals surface area (Å²) >= 11 is 9.59. The van der Waals surface area contributed by atoms with Crippen LogP contribution in [0.4, 0.5) is 10.2 Å². The molecule has 0 amide bonds. The van der Waals surface area contributed by atoms with Gasteiger partial charge in [0.15, 0.2) is 5.82 Å². The second-order valence-electron chi connectivity index (χ2n) is 5.86. The van der Waals surface area contributed by atoms with E-state index in [1.165, 1.54) is 6.92 Å². The van der Waals surface area contributed by atoms with Crippen molar-refractivity contribution in [3.63, 3.8) is 0 Å². The first-order chi connectivity index (χ1) is 11.9. The maximum absolute atomic E-state index is 13.5. The van der Waals surface area contributed by atoms with Gasteiger partial charge in [-0.3, -0.25) is 0 Å². The summed E-state index contributed by atoms with van der Waals surface area (Å²) in [5.41, 5.74) is 8.47. The van der Waals surface area contributed by atoms with Crippen LogP contribution in [0.25, 0.3) is 5.52 Å². The Morgan fingerprint density at radius 3 is 2.92 bits per heavy atom. The standard InChI is InChI=1S/C16H18BrClFN5O/c1-8-11(6-12(20)9(2)19)14(17)24-13(8)15(22-16(18)23-24)21-7-10-4-3-5-25-10/h3-5,9,12H,6-7,20H2,1-2H3,(H,21,22,23)/t9-,12+/m0/s1. The van der Waals surface area contributed by atoms with E-state index in [1.807, 2.05) is 19.1 Å². The van der Waals surface area contributed by atoms with Crippen molar-refractivity contribution in [2.24, 2.45) is 5.73 Å². The summed E-state index contributed by atoms with van der Waals surface area (Å²) in [5.74, 6) is 1.34. The third-order valence-corrected chi connectivity index (χ3v) is 5.08. The Hall–Kier alpha value is -1.64. The van der Waals surface area contributed by atoms with Crippen molar-refractivity contribution in [2.45, 2.75) is 39.0 Å². The van der Waals surface area contributed by atoms with Crippen molar-refractivity contribution < 1.29 is 8.81 Å². The zero-order valence-corrected chi connectivity index (χ0v) is 16.1. The zero-order valence-electron chi connectivity index (χ0n) is 13.8. The number of nitrogens with two attached hydrogens (primary N) is 1. The molecule has 3 N–H and O–H groups in total. The molecule has 0 aliphatic heterocycles. The summed E-state index contributed by atoms with van der Waals surface area (Å²) in [5, 5.41) is 7.55. The molecule has 3 heterocycles. The minimum absolute atomic E-state index is 0.0971. The molecule has 25 heavy (non-hydrogen) atoms. The van der Waals surface area contributed by atoms with E-state index in [2.05, 4.69) is 31.3 Å². The fourth-order valence-electron chi connectivity index (χ4n) is 2.65. The summed E-state index contributed by atoms with van der Waals surface area (Å²) in [6.07, 6.45) is 0.874. The number of nitrogens with one attached hydrogen (secondary N) is 1. The molecular weight excluding hydrogens is 413 g/mol. The molecule has 0 spiro atoms. The molecule has 9 heteroatoms. The molecule has 0 unspecified atom stereocenters. The molecule has 3 rings (SSSR count). The highest BCUT2D eigenvalue weighted by Gasteiger charge is 2.22. The molecule has 0 radical (unpaired) electrons. The Labute approximate surface area is 157 Å². The summed E-state index contributed by atoms with van der Waals surface area (Å²) in [7, 11) is 0. The molecule has 0 saturated carbocycles. The second-order valence-corrected chi connectivity index (χ2v) is 6.95. The lowest BCUT2D eigenvalue weighted by molar-refractivity contribution is 0.304. The second kappa shape index (κ2) is 7.31. The van der Waals surface area contributed by atoms with Crippen molar-refractivity contribution in [3.05, 3.63) is 45.2 Å². The quantitative estimate of drug-likeness (QED) is 0.620. The molecule has 134 valence electrons. The van der Waals surface area contributed by atoms with Crippen molar-refractivity contribution in [3.8, 4) is 0 Å². The average molecular weight is 431 g/mol. The normalized spacial score (nSPS) is 14.0. The van der Waals surface area contributed by atoms with Crippen LogP contribution in [0.5, 0.6) is 0 Å². The fourth-order valence-corrected chi connectivity index (χ4v) is 3.52. The smallest absolute Gasteiger partial charge is 0.243 e. The van der Waals surface area contributed by atoms with E-state index in [4.69, 9.17) is 21.8 Å². The monoisotopic (exact) mass is 429 g/mol. The van der Waals surface area contributed by atoms with E-state index < -0.39 is 12.2 Å². The van der Waals surface area contributed by atoms with Gasteiger partial charge in [-0.1, -0.05) is 0 Å². The first kappa shape index (κ1) is 18.2. The van der Waals surface area contributed by atoms with Crippen molar-refractivity contribution in [1.82, 2.24) is 14.6 Å². The highest BCUT2D eigenvalue weighted by molar-refractivity contribution is 9.10. The first-order valence-corrected chi connectivity index (χ1v) is 8.94. The highest BCUT2D eigenvalue weighted by atomic mass is 79.9. The molecule has 0 fully saturated rings. The van der Waals surface area contributed by atoms with Crippen LogP contribution < -0.4 is 11.1 Å². The molecule has 3 aromatic heterocycles. The molecule has 0 aliphatic rings. The molecule has 6 nitrogen and oxygen atoms in total. The minimum Gasteiger partial charge on any atom is -0.467 e. The predicted octanol–water partition coefficient (Wildman–Crippen LogP) is 3.89. The van der Waals surface area contributed by atoms with E-state index in [9.17, 15) is 4.39 Å². The molecular formula is C16H18BrClFN5O. The van der Waals surface area contributed by atoms with Gasteiger partial charge in [0.25, 0.3) is 0 Å². The maximum Gasteiger partial charge on any atom is 0.243 e. The summed E-state index contributed by atoms with van der Waals surface area (Å²) in [6.45, 7) is 3.84. The molecule has 0 aromatic carbocycles. The van der Waals surface area contributed by atoms with Crippen LogP contribution in [0, 0.1) is 6.92 Å². The van der Waals surface area contributed by atoms with Gasteiger partial charge in [0, 0.05) is 6.04 Å². The molecule has 3 aromatic rings. The Morgan fingerprint density at radius 2 is 2.28 bits per heavy atom. The number of alkyl halides is 1. The van der Waals surface area contributed by atoms with Crippen LogP contribution in [-0.2, 0) is 13.0 Å². The Kier molecular flexibility index (Phi) is 5.31. The van der Waals surface area contributed by atoms with Gasteiger partial charge in [-0.25, -0.2) is 8.91 Å². The lowest BCUT2D eigenvalue weighted by Gasteiger charge is -2.12. The number of hydrogen-bond donors (Lipinski definition) is 2. The van der Waals surface area contributed by atoms with Gasteiger partial charge in [-0.2, -0.15) is 4.98 Å². The van der Waals surface area contributed by atoms with Crippen LogP contribution in [0.1, 0.15) is 23.8 Å². The third-order valence-electron chi connectivity index (χ3n) is 4.11. The van der Waals surface area contributed by atoms with Gasteiger partial charge in [-0.15, -0.1) is 5.10 Å². The Balaban J connectivity index is 2.02. The molecule has 0 bridgehead atoms. The third kappa shape index (κ3) is 3.65. The lowest BCUT2D eigenvalue weighted by atomic mass is 10.0. The van der Waals surface area contributed by atoms with Gasteiger partial charge >= 0.3 is 0 Å². The van der Waals surface area contributed by atoms with Gasteiger partial charge in [0.05, 0.1) is 12.8 Å². The van der Waals surface area contributed by atoms with Gasteiger partial charge in [-0.05, 0) is 71.1 Å². The SMILES string of the molecule is Cc1c(C[C@@H](N)[C@H](C)F)c(Br)n2nc(Cl)nc(NCc3ccco3)c12. The Bertz CT molecular complexity index is 881. The minimum atomic E-state index is -1.11. The largest absolute Gasteiger partial charge is 0.467 e.